The van der Waals surface area contributed by atoms with E-state index in [4.69, 9.17) is 15.0 Å². The zero-order chi connectivity index (χ0) is 15.3. The van der Waals surface area contributed by atoms with Gasteiger partial charge in [0.25, 0.3) is 0 Å². The molecule has 0 aliphatic carbocycles. The number of aromatic amines is 1. The Morgan fingerprint density at radius 2 is 1.71 bits per heavy atom. The largest absolute Gasteiger partial charge is 0.495 e. The molecule has 3 N–H and O–H groups in total. The molecular formula is C15H20BN3O2. The summed E-state index contributed by atoms with van der Waals surface area (Å²) in [5, 5.41) is 6.93. The zero-order valence-corrected chi connectivity index (χ0v) is 12.8. The average Bonchev–Trinajstić information content (AvgIpc) is 2.92. The van der Waals surface area contributed by atoms with E-state index in [9.17, 15) is 0 Å². The van der Waals surface area contributed by atoms with Crippen LogP contribution in [0.2, 0.25) is 0 Å². The number of rotatable bonds is 2. The fraction of sp³-hybridized carbons (Fsp3) is 0.400. The minimum atomic E-state index is -0.407. The molecule has 1 saturated heterocycles. The number of nitrogens with two attached hydrogens (primary N) is 1. The molecule has 0 saturated carbocycles. The first kappa shape index (κ1) is 14.2. The van der Waals surface area contributed by atoms with Crippen LogP contribution in [0.1, 0.15) is 27.7 Å². The number of aromatic nitrogens is 2. The maximum Gasteiger partial charge on any atom is 0.495 e. The van der Waals surface area contributed by atoms with Crippen molar-refractivity contribution in [2.75, 3.05) is 5.73 Å². The number of nitrogens with one attached hydrogen (secondary N) is 1. The molecule has 1 aliphatic heterocycles. The van der Waals surface area contributed by atoms with E-state index in [1.807, 2.05) is 58.0 Å². The lowest BCUT2D eigenvalue weighted by molar-refractivity contribution is 0.00578. The fourth-order valence-electron chi connectivity index (χ4n) is 2.39. The molecule has 6 heteroatoms. The quantitative estimate of drug-likeness (QED) is 0.827. The van der Waals surface area contributed by atoms with Crippen molar-refractivity contribution < 1.29 is 9.31 Å². The van der Waals surface area contributed by atoms with Gasteiger partial charge < -0.3 is 15.0 Å². The molecule has 5 nitrogen and oxygen atoms in total. The molecule has 1 aliphatic rings. The van der Waals surface area contributed by atoms with Crippen LogP contribution in [0, 0.1) is 0 Å². The van der Waals surface area contributed by atoms with Crippen molar-refractivity contribution in [3.05, 3.63) is 30.3 Å². The van der Waals surface area contributed by atoms with Crippen molar-refractivity contribution in [1.82, 2.24) is 10.2 Å². The van der Waals surface area contributed by atoms with Crippen LogP contribution in [0.15, 0.2) is 30.3 Å². The molecule has 0 amide bonds. The third-order valence-electron chi connectivity index (χ3n) is 4.36. The van der Waals surface area contributed by atoms with E-state index < -0.39 is 7.12 Å². The molecule has 0 unspecified atom stereocenters. The highest BCUT2D eigenvalue weighted by Crippen LogP contribution is 2.37. The molecule has 0 atom stereocenters. The summed E-state index contributed by atoms with van der Waals surface area (Å²) in [5.41, 5.74) is 7.79. The van der Waals surface area contributed by atoms with E-state index in [1.54, 1.807) is 0 Å². The van der Waals surface area contributed by atoms with Gasteiger partial charge in [-0.1, -0.05) is 24.3 Å². The van der Waals surface area contributed by atoms with Gasteiger partial charge in [0, 0.05) is 6.07 Å². The second-order valence-corrected chi connectivity index (χ2v) is 6.38. The number of anilines is 1. The lowest BCUT2D eigenvalue weighted by Crippen LogP contribution is -2.41. The van der Waals surface area contributed by atoms with E-state index in [0.29, 0.717) is 5.82 Å². The van der Waals surface area contributed by atoms with Crippen molar-refractivity contribution in [3.8, 4) is 11.3 Å². The predicted octanol–water partition coefficient (Wildman–Crippen LogP) is 1.96. The second-order valence-electron chi connectivity index (χ2n) is 6.38. The Kier molecular flexibility index (Phi) is 3.11. The molecule has 2 aromatic rings. The molecule has 0 spiro atoms. The van der Waals surface area contributed by atoms with Gasteiger partial charge in [0.05, 0.1) is 16.9 Å². The number of nitrogens with zero attached hydrogens (tertiary/aromatic N) is 1. The van der Waals surface area contributed by atoms with Crippen LogP contribution < -0.4 is 11.2 Å². The van der Waals surface area contributed by atoms with E-state index in [1.165, 1.54) is 0 Å². The molecule has 1 fully saturated rings. The topological polar surface area (TPSA) is 73.2 Å². The molecular weight excluding hydrogens is 265 g/mol. The Labute approximate surface area is 125 Å². The summed E-state index contributed by atoms with van der Waals surface area (Å²) in [4.78, 5) is 0. The summed E-state index contributed by atoms with van der Waals surface area (Å²) >= 11 is 0. The monoisotopic (exact) mass is 285 g/mol. The number of benzene rings is 1. The van der Waals surface area contributed by atoms with E-state index in [-0.39, 0.29) is 11.2 Å². The third-order valence-corrected chi connectivity index (χ3v) is 4.36. The Morgan fingerprint density at radius 3 is 2.29 bits per heavy atom. The van der Waals surface area contributed by atoms with Crippen molar-refractivity contribution in [1.29, 1.82) is 0 Å². The van der Waals surface area contributed by atoms with E-state index >= 15 is 0 Å². The predicted molar refractivity (Wildman–Crippen MR) is 84.2 cm³/mol. The Morgan fingerprint density at radius 1 is 1.10 bits per heavy atom. The van der Waals surface area contributed by atoms with Gasteiger partial charge in [-0.2, -0.15) is 5.10 Å². The van der Waals surface area contributed by atoms with Crippen molar-refractivity contribution in [2.24, 2.45) is 0 Å². The van der Waals surface area contributed by atoms with Gasteiger partial charge in [-0.25, -0.2) is 0 Å². The Bertz CT molecular complexity index is 650. The summed E-state index contributed by atoms with van der Waals surface area (Å²) in [5.74, 6) is 0.466. The van der Waals surface area contributed by atoms with Crippen LogP contribution >= 0.6 is 0 Å². The minimum absolute atomic E-state index is 0.363. The molecule has 110 valence electrons. The minimum Gasteiger partial charge on any atom is -0.399 e. The molecule has 21 heavy (non-hydrogen) atoms. The normalized spacial score (nSPS) is 19.9. The molecule has 3 rings (SSSR count). The SMILES string of the molecule is CC1(C)OB(c2ccccc2-c2cc(N)n[nH]2)OC1(C)C. The first-order valence-corrected chi connectivity index (χ1v) is 7.06. The van der Waals surface area contributed by atoms with E-state index in [2.05, 4.69) is 10.2 Å². The van der Waals surface area contributed by atoms with Crippen LogP contribution in [0.25, 0.3) is 11.3 Å². The maximum atomic E-state index is 6.13. The van der Waals surface area contributed by atoms with Crippen molar-refractivity contribution >= 4 is 18.4 Å². The van der Waals surface area contributed by atoms with Gasteiger partial charge in [-0.3, -0.25) is 5.10 Å². The highest BCUT2D eigenvalue weighted by atomic mass is 16.7. The first-order valence-electron chi connectivity index (χ1n) is 7.06. The van der Waals surface area contributed by atoms with Crippen LogP contribution in [0.5, 0.6) is 0 Å². The maximum absolute atomic E-state index is 6.13. The van der Waals surface area contributed by atoms with Crippen LogP contribution in [-0.2, 0) is 9.31 Å². The summed E-state index contributed by atoms with van der Waals surface area (Å²) in [7, 11) is -0.407. The average molecular weight is 285 g/mol. The number of hydrogen-bond acceptors (Lipinski definition) is 4. The lowest BCUT2D eigenvalue weighted by Gasteiger charge is -2.32. The van der Waals surface area contributed by atoms with Crippen molar-refractivity contribution in [2.45, 2.75) is 38.9 Å². The smallest absolute Gasteiger partial charge is 0.399 e. The summed E-state index contributed by atoms with van der Waals surface area (Å²) < 4.78 is 12.3. The van der Waals surface area contributed by atoms with Crippen LogP contribution in [0.4, 0.5) is 5.82 Å². The molecule has 1 aromatic heterocycles. The highest BCUT2D eigenvalue weighted by Gasteiger charge is 2.52. The zero-order valence-electron chi connectivity index (χ0n) is 12.8. The standard InChI is InChI=1S/C15H20BN3O2/c1-14(2)15(3,4)21-16(20-14)11-8-6-5-7-10(11)12-9-13(17)19-18-12/h5-9H,1-4H3,(H3,17,18,19). The molecule has 2 heterocycles. The molecule has 0 bridgehead atoms. The van der Waals surface area contributed by atoms with Gasteiger partial charge in [-0.15, -0.1) is 0 Å². The summed E-state index contributed by atoms with van der Waals surface area (Å²) in [6, 6.07) is 9.77. The van der Waals surface area contributed by atoms with Crippen LogP contribution in [-0.4, -0.2) is 28.5 Å². The number of H-pyrrole nitrogens is 1. The third kappa shape index (κ3) is 2.34. The summed E-state index contributed by atoms with van der Waals surface area (Å²) in [6.45, 7) is 8.18. The molecule has 1 aromatic carbocycles. The highest BCUT2D eigenvalue weighted by molar-refractivity contribution is 6.63. The van der Waals surface area contributed by atoms with E-state index in [0.717, 1.165) is 16.7 Å². The van der Waals surface area contributed by atoms with Gasteiger partial charge in [-0.05, 0) is 38.7 Å². The Hall–Kier alpha value is -1.79. The fourth-order valence-corrected chi connectivity index (χ4v) is 2.39. The second kappa shape index (κ2) is 4.61. The van der Waals surface area contributed by atoms with Crippen molar-refractivity contribution in [3.63, 3.8) is 0 Å². The van der Waals surface area contributed by atoms with Gasteiger partial charge >= 0.3 is 7.12 Å². The summed E-state index contributed by atoms with van der Waals surface area (Å²) in [6.07, 6.45) is 0. The van der Waals surface area contributed by atoms with Gasteiger partial charge in [0.1, 0.15) is 5.82 Å². The van der Waals surface area contributed by atoms with Gasteiger partial charge in [0.15, 0.2) is 0 Å². The van der Waals surface area contributed by atoms with Gasteiger partial charge in [0.2, 0.25) is 0 Å². The number of hydrogen-bond donors (Lipinski definition) is 2. The lowest BCUT2D eigenvalue weighted by atomic mass is 9.75. The first-order chi connectivity index (χ1) is 9.80. The molecule has 0 radical (unpaired) electrons. The number of nitrogen functional groups attached to an aromatic ring is 1. The Balaban J connectivity index is 2.01. The van der Waals surface area contributed by atoms with Crippen LogP contribution in [0.3, 0.4) is 0 Å².